The minimum atomic E-state index is -1.15. The fourth-order valence-electron chi connectivity index (χ4n) is 4.92. The van der Waals surface area contributed by atoms with Crippen molar-refractivity contribution in [3.63, 3.8) is 0 Å². The SMILES string of the molecule is CCC#Cc1cnc(N2CCC3(CC2)Cc2ccccc2[C@H]3N[S+]([O-])C(C)(C)C)c(CO)n1. The predicted molar refractivity (Wildman–Crippen MR) is 133 cm³/mol. The van der Waals surface area contributed by atoms with Crippen molar-refractivity contribution in [3.8, 4) is 11.8 Å². The molecule has 2 heterocycles. The topological polar surface area (TPSA) is 84.3 Å². The van der Waals surface area contributed by atoms with Gasteiger partial charge in [-0.3, -0.25) is 0 Å². The van der Waals surface area contributed by atoms with E-state index in [1.165, 1.54) is 11.1 Å². The number of aliphatic hydroxyl groups is 1. The summed E-state index contributed by atoms with van der Waals surface area (Å²) in [7, 11) is 0. The van der Waals surface area contributed by atoms with Crippen LogP contribution in [-0.2, 0) is 24.4 Å². The lowest BCUT2D eigenvalue weighted by Crippen LogP contribution is -2.50. The van der Waals surface area contributed by atoms with Crippen LogP contribution in [0.2, 0.25) is 0 Å². The van der Waals surface area contributed by atoms with Gasteiger partial charge in [-0.25, -0.2) is 9.97 Å². The quantitative estimate of drug-likeness (QED) is 0.528. The van der Waals surface area contributed by atoms with Gasteiger partial charge >= 0.3 is 0 Å². The average molecular weight is 467 g/mol. The number of benzene rings is 1. The summed E-state index contributed by atoms with van der Waals surface area (Å²) in [6.07, 6.45) is 5.34. The molecule has 2 atom stereocenters. The van der Waals surface area contributed by atoms with Gasteiger partial charge in [0.05, 0.1) is 18.8 Å². The van der Waals surface area contributed by atoms with E-state index in [0.717, 1.165) is 44.6 Å². The largest absolute Gasteiger partial charge is 0.598 e. The molecular weight excluding hydrogens is 432 g/mol. The van der Waals surface area contributed by atoms with Crippen molar-refractivity contribution in [2.45, 2.75) is 70.8 Å². The first kappa shape index (κ1) is 24.0. The highest BCUT2D eigenvalue weighted by Gasteiger charge is 2.50. The van der Waals surface area contributed by atoms with Crippen molar-refractivity contribution in [1.82, 2.24) is 14.7 Å². The molecule has 176 valence electrons. The zero-order valence-electron chi connectivity index (χ0n) is 20.0. The van der Waals surface area contributed by atoms with Crippen LogP contribution >= 0.6 is 0 Å². The molecule has 2 aromatic rings. The van der Waals surface area contributed by atoms with Crippen LogP contribution in [0.15, 0.2) is 30.5 Å². The van der Waals surface area contributed by atoms with E-state index in [2.05, 4.69) is 55.7 Å². The van der Waals surface area contributed by atoms with E-state index < -0.39 is 11.4 Å². The molecule has 1 aromatic carbocycles. The second-order valence-corrected chi connectivity index (χ2v) is 12.0. The fraction of sp³-hybridized carbons (Fsp3) is 0.538. The monoisotopic (exact) mass is 466 g/mol. The summed E-state index contributed by atoms with van der Waals surface area (Å²) in [5.74, 6) is 6.75. The van der Waals surface area contributed by atoms with E-state index in [1.807, 2.05) is 27.7 Å². The van der Waals surface area contributed by atoms with Gasteiger partial charge in [-0.05, 0) is 57.1 Å². The summed E-state index contributed by atoms with van der Waals surface area (Å²) in [5, 5.41) is 9.92. The van der Waals surface area contributed by atoms with Gasteiger partial charge in [-0.2, -0.15) is 0 Å². The van der Waals surface area contributed by atoms with Crippen LogP contribution in [0, 0.1) is 17.3 Å². The normalized spacial score (nSPS) is 20.3. The third-order valence-corrected chi connectivity index (χ3v) is 8.29. The molecule has 1 fully saturated rings. The molecule has 1 unspecified atom stereocenters. The lowest BCUT2D eigenvalue weighted by atomic mass is 9.73. The van der Waals surface area contributed by atoms with Crippen molar-refractivity contribution < 1.29 is 9.66 Å². The molecule has 1 aliphatic carbocycles. The van der Waals surface area contributed by atoms with Gasteiger partial charge in [-0.1, -0.05) is 37.1 Å². The Morgan fingerprint density at radius 2 is 2.00 bits per heavy atom. The molecule has 33 heavy (non-hydrogen) atoms. The summed E-state index contributed by atoms with van der Waals surface area (Å²) in [6, 6.07) is 8.62. The Kier molecular flexibility index (Phi) is 7.01. The molecule has 0 bridgehead atoms. The highest BCUT2D eigenvalue weighted by Crippen LogP contribution is 2.52. The molecule has 2 N–H and O–H groups in total. The van der Waals surface area contributed by atoms with Crippen LogP contribution in [0.25, 0.3) is 0 Å². The Bertz CT molecular complexity index is 1050. The first-order valence-electron chi connectivity index (χ1n) is 11.7. The third kappa shape index (κ3) is 4.90. The lowest BCUT2D eigenvalue weighted by molar-refractivity contribution is 0.175. The standard InChI is InChI=1S/C26H34N4O2S/c1-5-6-10-20-17-27-24(22(18-31)28-20)30-14-12-26(13-15-30)16-19-9-7-8-11-21(19)23(26)29-33(32)25(2,3)4/h7-9,11,17,23,29,31H,5,12-16,18H2,1-4H3/t23-,33?/m1/s1. The van der Waals surface area contributed by atoms with E-state index >= 15 is 0 Å². The van der Waals surface area contributed by atoms with Crippen molar-refractivity contribution in [3.05, 3.63) is 53.0 Å². The van der Waals surface area contributed by atoms with E-state index in [-0.39, 0.29) is 22.8 Å². The highest BCUT2D eigenvalue weighted by molar-refractivity contribution is 7.90. The van der Waals surface area contributed by atoms with Crippen LogP contribution < -0.4 is 9.62 Å². The number of fused-ring (bicyclic) bond motifs is 1. The molecule has 1 aliphatic heterocycles. The molecule has 2 aliphatic rings. The Morgan fingerprint density at radius 1 is 1.27 bits per heavy atom. The van der Waals surface area contributed by atoms with Gasteiger partial charge in [0.2, 0.25) is 0 Å². The number of rotatable bonds is 4. The van der Waals surface area contributed by atoms with E-state index in [1.54, 1.807) is 6.20 Å². The molecule has 4 rings (SSSR count). The van der Waals surface area contributed by atoms with Crippen molar-refractivity contribution in [2.24, 2.45) is 5.41 Å². The minimum Gasteiger partial charge on any atom is -0.598 e. The van der Waals surface area contributed by atoms with E-state index in [0.29, 0.717) is 11.4 Å². The van der Waals surface area contributed by atoms with Crippen molar-refractivity contribution >= 4 is 17.2 Å². The Balaban J connectivity index is 1.56. The Hall–Kier alpha value is -2.11. The molecule has 1 saturated heterocycles. The van der Waals surface area contributed by atoms with Crippen LogP contribution in [0.3, 0.4) is 0 Å². The third-order valence-electron chi connectivity index (χ3n) is 6.73. The van der Waals surface area contributed by atoms with Gasteiger partial charge < -0.3 is 14.6 Å². The van der Waals surface area contributed by atoms with Gasteiger partial charge in [0, 0.05) is 36.3 Å². The Morgan fingerprint density at radius 3 is 2.67 bits per heavy atom. The number of anilines is 1. The maximum absolute atomic E-state index is 13.1. The van der Waals surface area contributed by atoms with Crippen LogP contribution in [0.5, 0.6) is 0 Å². The van der Waals surface area contributed by atoms with Gasteiger partial charge in [0.15, 0.2) is 5.82 Å². The van der Waals surface area contributed by atoms with Gasteiger partial charge in [-0.15, -0.1) is 4.72 Å². The van der Waals surface area contributed by atoms with Gasteiger partial charge in [0.1, 0.15) is 16.1 Å². The number of hydrogen-bond donors (Lipinski definition) is 2. The van der Waals surface area contributed by atoms with Crippen LogP contribution in [-0.4, -0.2) is 37.5 Å². The fourth-order valence-corrected chi connectivity index (χ4v) is 5.86. The minimum absolute atomic E-state index is 0.0143. The first-order chi connectivity index (χ1) is 15.8. The summed E-state index contributed by atoms with van der Waals surface area (Å²) >= 11 is -1.15. The molecule has 0 amide bonds. The van der Waals surface area contributed by atoms with Crippen molar-refractivity contribution in [1.29, 1.82) is 0 Å². The lowest BCUT2D eigenvalue weighted by Gasteiger charge is -2.44. The van der Waals surface area contributed by atoms with E-state index in [4.69, 9.17) is 0 Å². The number of aliphatic hydroxyl groups excluding tert-OH is 1. The van der Waals surface area contributed by atoms with Crippen molar-refractivity contribution in [2.75, 3.05) is 18.0 Å². The summed E-state index contributed by atoms with van der Waals surface area (Å²) in [5.41, 5.74) is 3.81. The molecular formula is C26H34N4O2S. The molecule has 1 aromatic heterocycles. The maximum Gasteiger partial charge on any atom is 0.152 e. The highest BCUT2D eigenvalue weighted by atomic mass is 32.2. The second-order valence-electron chi connectivity index (χ2n) is 10.00. The summed E-state index contributed by atoms with van der Waals surface area (Å²) in [4.78, 5) is 11.4. The maximum atomic E-state index is 13.1. The number of nitrogens with one attached hydrogen (secondary N) is 1. The van der Waals surface area contributed by atoms with Gasteiger partial charge in [0.25, 0.3) is 0 Å². The first-order valence-corrected chi connectivity index (χ1v) is 12.9. The second kappa shape index (κ2) is 9.63. The molecule has 0 saturated carbocycles. The average Bonchev–Trinajstić information content (AvgIpc) is 3.10. The molecule has 6 nitrogen and oxygen atoms in total. The predicted octanol–water partition coefficient (Wildman–Crippen LogP) is 3.67. The van der Waals surface area contributed by atoms with Crippen LogP contribution in [0.4, 0.5) is 5.82 Å². The summed E-state index contributed by atoms with van der Waals surface area (Å²) in [6.45, 7) is 9.49. The number of hydrogen-bond acceptors (Lipinski definition) is 6. The molecule has 0 radical (unpaired) electrons. The van der Waals surface area contributed by atoms with Crippen LogP contribution in [0.1, 0.15) is 75.5 Å². The smallest absolute Gasteiger partial charge is 0.152 e. The molecule has 7 heteroatoms. The number of aromatic nitrogens is 2. The zero-order valence-corrected chi connectivity index (χ0v) is 20.8. The van der Waals surface area contributed by atoms with E-state index in [9.17, 15) is 9.66 Å². The number of piperidine rings is 1. The molecule has 1 spiro atoms. The Labute approximate surface area is 200 Å². The zero-order chi connectivity index (χ0) is 23.6. The summed E-state index contributed by atoms with van der Waals surface area (Å²) < 4.78 is 16.2. The number of nitrogens with zero attached hydrogens (tertiary/aromatic N) is 3.